The molecule has 0 radical (unpaired) electrons. The molecule has 0 saturated heterocycles. The summed E-state index contributed by atoms with van der Waals surface area (Å²) in [5.41, 5.74) is 2.87. The predicted molar refractivity (Wildman–Crippen MR) is 69.2 cm³/mol. The average molecular weight is 256 g/mol. The van der Waals surface area contributed by atoms with Crippen LogP contribution in [-0.2, 0) is 0 Å². The number of aromatic nitrogens is 4. The van der Waals surface area contributed by atoms with Crippen molar-refractivity contribution in [1.82, 2.24) is 19.8 Å². The fourth-order valence-corrected chi connectivity index (χ4v) is 1.82. The average Bonchev–Trinajstić information content (AvgIpc) is 2.98. The number of rotatable bonds is 3. The lowest BCUT2D eigenvalue weighted by molar-refractivity contribution is 0.416. The Morgan fingerprint density at radius 2 is 2.11 bits per heavy atom. The van der Waals surface area contributed by atoms with E-state index in [4.69, 9.17) is 4.74 Å². The summed E-state index contributed by atoms with van der Waals surface area (Å²) in [4.78, 5) is 0. The van der Waals surface area contributed by atoms with Crippen LogP contribution in [0.1, 0.15) is 5.69 Å². The number of benzene rings is 1. The quantitative estimate of drug-likeness (QED) is 0.731. The first-order valence-corrected chi connectivity index (χ1v) is 5.72. The lowest BCUT2D eigenvalue weighted by atomic mass is 10.3. The molecule has 0 amide bonds. The van der Waals surface area contributed by atoms with Gasteiger partial charge < -0.3 is 4.74 Å². The zero-order chi connectivity index (χ0) is 13.2. The van der Waals surface area contributed by atoms with Crippen LogP contribution in [0.4, 0.5) is 11.4 Å². The molecule has 3 aromatic rings. The lowest BCUT2D eigenvalue weighted by Gasteiger charge is -2.01. The number of H-pyrrole nitrogens is 1. The Morgan fingerprint density at radius 1 is 1.26 bits per heavy atom. The molecular formula is C12H12N6O. The molecule has 19 heavy (non-hydrogen) atoms. The minimum atomic E-state index is 0.649. The van der Waals surface area contributed by atoms with Crippen LogP contribution in [0.5, 0.6) is 5.75 Å². The minimum Gasteiger partial charge on any atom is -0.494 e. The number of hydrogen-bond donors (Lipinski definition) is 1. The fourth-order valence-electron chi connectivity index (χ4n) is 1.82. The summed E-state index contributed by atoms with van der Waals surface area (Å²) in [7, 11) is 1.60. The topological polar surface area (TPSA) is 79.9 Å². The Labute approximate surface area is 108 Å². The molecule has 1 N–H and O–H groups in total. The SMILES string of the molecule is COc1ccccc1N=Nc1c(C)[nH]n2cnnc12. The second-order valence-corrected chi connectivity index (χ2v) is 3.98. The van der Waals surface area contributed by atoms with E-state index < -0.39 is 0 Å². The summed E-state index contributed by atoms with van der Waals surface area (Å²) in [6.45, 7) is 1.91. The molecule has 3 rings (SSSR count). The van der Waals surface area contributed by atoms with Gasteiger partial charge in [0.25, 0.3) is 0 Å². The smallest absolute Gasteiger partial charge is 0.205 e. The highest BCUT2D eigenvalue weighted by molar-refractivity contribution is 5.66. The van der Waals surface area contributed by atoms with E-state index in [1.807, 2.05) is 31.2 Å². The van der Waals surface area contributed by atoms with E-state index in [9.17, 15) is 0 Å². The maximum Gasteiger partial charge on any atom is 0.205 e. The van der Waals surface area contributed by atoms with Crippen molar-refractivity contribution in [3.63, 3.8) is 0 Å². The number of para-hydroxylation sites is 1. The number of aromatic amines is 1. The molecule has 2 heterocycles. The van der Waals surface area contributed by atoms with E-state index in [1.165, 1.54) is 0 Å². The van der Waals surface area contributed by atoms with Crippen molar-refractivity contribution in [2.45, 2.75) is 6.92 Å². The molecule has 0 saturated carbocycles. The van der Waals surface area contributed by atoms with E-state index in [-0.39, 0.29) is 0 Å². The highest BCUT2D eigenvalue weighted by Crippen LogP contribution is 2.30. The van der Waals surface area contributed by atoms with Crippen LogP contribution >= 0.6 is 0 Å². The molecule has 0 fully saturated rings. The molecule has 0 spiro atoms. The molecule has 0 atom stereocenters. The first kappa shape index (κ1) is 11.4. The van der Waals surface area contributed by atoms with Crippen LogP contribution in [0.25, 0.3) is 5.65 Å². The third kappa shape index (κ3) is 1.95. The first-order chi connectivity index (χ1) is 9.29. The number of ether oxygens (including phenoxy) is 1. The zero-order valence-corrected chi connectivity index (χ0v) is 10.5. The van der Waals surface area contributed by atoms with Crippen molar-refractivity contribution in [1.29, 1.82) is 0 Å². The number of azo groups is 1. The molecule has 96 valence electrons. The normalized spacial score (nSPS) is 11.5. The molecule has 1 aromatic carbocycles. The Balaban J connectivity index is 2.02. The van der Waals surface area contributed by atoms with Gasteiger partial charge in [-0.1, -0.05) is 12.1 Å². The molecule has 0 bridgehead atoms. The number of aryl methyl sites for hydroxylation is 1. The van der Waals surface area contributed by atoms with Crippen LogP contribution in [0.3, 0.4) is 0 Å². The molecule has 7 heteroatoms. The number of fused-ring (bicyclic) bond motifs is 1. The van der Waals surface area contributed by atoms with Gasteiger partial charge in [0.1, 0.15) is 17.8 Å². The Morgan fingerprint density at radius 3 is 2.95 bits per heavy atom. The largest absolute Gasteiger partial charge is 0.494 e. The van der Waals surface area contributed by atoms with Gasteiger partial charge in [0, 0.05) is 0 Å². The maximum atomic E-state index is 5.22. The summed E-state index contributed by atoms with van der Waals surface area (Å²) >= 11 is 0. The second-order valence-electron chi connectivity index (χ2n) is 3.98. The summed E-state index contributed by atoms with van der Waals surface area (Å²) in [6, 6.07) is 7.44. The van der Waals surface area contributed by atoms with Gasteiger partial charge in [0.15, 0.2) is 5.69 Å². The molecular weight excluding hydrogens is 244 g/mol. The van der Waals surface area contributed by atoms with Gasteiger partial charge in [-0.05, 0) is 19.1 Å². The van der Waals surface area contributed by atoms with Crippen molar-refractivity contribution >= 4 is 17.0 Å². The second kappa shape index (κ2) is 4.52. The van der Waals surface area contributed by atoms with Gasteiger partial charge in [0.2, 0.25) is 5.65 Å². The van der Waals surface area contributed by atoms with Gasteiger partial charge >= 0.3 is 0 Å². The molecule has 2 aromatic heterocycles. The maximum absolute atomic E-state index is 5.22. The van der Waals surface area contributed by atoms with Crippen molar-refractivity contribution < 1.29 is 4.74 Å². The zero-order valence-electron chi connectivity index (χ0n) is 10.5. The molecule has 0 aliphatic heterocycles. The molecule has 7 nitrogen and oxygen atoms in total. The van der Waals surface area contributed by atoms with Crippen molar-refractivity contribution in [3.05, 3.63) is 36.3 Å². The number of methoxy groups -OCH3 is 1. The Bertz CT molecular complexity index is 742. The van der Waals surface area contributed by atoms with Crippen LogP contribution in [0.15, 0.2) is 40.8 Å². The van der Waals surface area contributed by atoms with Gasteiger partial charge in [-0.15, -0.1) is 20.4 Å². The predicted octanol–water partition coefficient (Wildman–Crippen LogP) is 2.79. The molecule has 0 aliphatic carbocycles. The first-order valence-electron chi connectivity index (χ1n) is 5.72. The van der Waals surface area contributed by atoms with Crippen molar-refractivity contribution in [2.24, 2.45) is 10.2 Å². The Hall–Kier alpha value is -2.70. The minimum absolute atomic E-state index is 0.649. The van der Waals surface area contributed by atoms with Crippen LogP contribution in [0, 0.1) is 6.92 Å². The van der Waals surface area contributed by atoms with E-state index in [0.29, 0.717) is 22.8 Å². The molecule has 0 unspecified atom stereocenters. The van der Waals surface area contributed by atoms with Crippen LogP contribution in [0.2, 0.25) is 0 Å². The van der Waals surface area contributed by atoms with E-state index in [2.05, 4.69) is 25.5 Å². The lowest BCUT2D eigenvalue weighted by Crippen LogP contribution is -1.81. The van der Waals surface area contributed by atoms with Gasteiger partial charge in [-0.2, -0.15) is 0 Å². The summed E-state index contributed by atoms with van der Waals surface area (Å²) in [5, 5.41) is 19.3. The third-order valence-corrected chi connectivity index (χ3v) is 2.75. The van der Waals surface area contributed by atoms with Crippen LogP contribution < -0.4 is 4.74 Å². The fraction of sp³-hybridized carbons (Fsp3) is 0.167. The number of nitrogens with zero attached hydrogens (tertiary/aromatic N) is 5. The number of nitrogens with one attached hydrogen (secondary N) is 1. The van der Waals surface area contributed by atoms with Gasteiger partial charge in [-0.25, -0.2) is 4.52 Å². The standard InChI is InChI=1S/C12H12N6O/c1-8-11(12-16-13-7-18(12)17-8)15-14-9-5-3-4-6-10(9)19-2/h3-7,17H,1-2H3. The van der Waals surface area contributed by atoms with Crippen molar-refractivity contribution in [3.8, 4) is 5.75 Å². The van der Waals surface area contributed by atoms with Gasteiger partial charge in [-0.3, -0.25) is 5.10 Å². The highest BCUT2D eigenvalue weighted by Gasteiger charge is 2.10. The summed E-state index contributed by atoms with van der Waals surface area (Å²) in [6.07, 6.45) is 1.59. The van der Waals surface area contributed by atoms with E-state index >= 15 is 0 Å². The van der Waals surface area contributed by atoms with E-state index in [0.717, 1.165) is 5.69 Å². The number of hydrogen-bond acceptors (Lipinski definition) is 5. The highest BCUT2D eigenvalue weighted by atomic mass is 16.5. The monoisotopic (exact) mass is 256 g/mol. The van der Waals surface area contributed by atoms with Crippen molar-refractivity contribution in [2.75, 3.05) is 7.11 Å². The summed E-state index contributed by atoms with van der Waals surface area (Å²) in [5.74, 6) is 0.678. The summed E-state index contributed by atoms with van der Waals surface area (Å²) < 4.78 is 6.92. The molecule has 0 aliphatic rings. The Kier molecular flexibility index (Phi) is 2.71. The van der Waals surface area contributed by atoms with Gasteiger partial charge in [0.05, 0.1) is 12.8 Å². The van der Waals surface area contributed by atoms with E-state index in [1.54, 1.807) is 18.0 Å². The van der Waals surface area contributed by atoms with Crippen LogP contribution in [-0.4, -0.2) is 26.9 Å². The third-order valence-electron chi connectivity index (χ3n) is 2.75.